The van der Waals surface area contributed by atoms with Gasteiger partial charge in [-0.15, -0.1) is 0 Å². The van der Waals surface area contributed by atoms with Crippen LogP contribution in [0.5, 0.6) is 0 Å². The summed E-state index contributed by atoms with van der Waals surface area (Å²) in [7, 11) is 0. The number of halogens is 1. The summed E-state index contributed by atoms with van der Waals surface area (Å²) in [6.07, 6.45) is -0.384. The average molecular weight is 259 g/mol. The molecule has 1 unspecified atom stereocenters. The Labute approximate surface area is 93.0 Å². The summed E-state index contributed by atoms with van der Waals surface area (Å²) in [5, 5.41) is 9.72. The van der Waals surface area contributed by atoms with Crippen LogP contribution in [0.4, 0.5) is 0 Å². The molecular weight excluding hydrogens is 244 g/mol. The third-order valence-corrected chi connectivity index (χ3v) is 2.37. The Morgan fingerprint density at radius 2 is 1.86 bits per heavy atom. The maximum atomic E-state index is 9.72. The highest BCUT2D eigenvalue weighted by Gasteiger charge is 2.07. The summed E-state index contributed by atoms with van der Waals surface area (Å²) in [5.41, 5.74) is 0.883. The Balaban J connectivity index is 2.52. The minimum atomic E-state index is -0.537. The van der Waals surface area contributed by atoms with Gasteiger partial charge in [0.1, 0.15) is 6.10 Å². The summed E-state index contributed by atoms with van der Waals surface area (Å²) in [4.78, 5) is 0. The maximum Gasteiger partial charge on any atom is 0.102 e. The van der Waals surface area contributed by atoms with E-state index in [4.69, 9.17) is 4.74 Å². The summed E-state index contributed by atoms with van der Waals surface area (Å²) in [5.74, 6) is 0. The van der Waals surface area contributed by atoms with Crippen LogP contribution in [-0.2, 0) is 4.74 Å². The van der Waals surface area contributed by atoms with Crippen LogP contribution in [0.25, 0.3) is 0 Å². The first kappa shape index (κ1) is 11.7. The van der Waals surface area contributed by atoms with Crippen LogP contribution in [-0.4, -0.2) is 17.8 Å². The van der Waals surface area contributed by atoms with Crippen molar-refractivity contribution in [2.24, 2.45) is 0 Å². The molecule has 1 atom stereocenters. The number of hydrogen-bond donors (Lipinski definition) is 1. The van der Waals surface area contributed by atoms with Crippen molar-refractivity contribution in [3.63, 3.8) is 0 Å². The minimum Gasteiger partial charge on any atom is -0.386 e. The Bertz CT molecular complexity index is 269. The number of rotatable bonds is 4. The second-order valence-electron chi connectivity index (χ2n) is 3.45. The first-order valence-electron chi connectivity index (χ1n) is 4.64. The summed E-state index contributed by atoms with van der Waals surface area (Å²) >= 11 is 3.34. The van der Waals surface area contributed by atoms with E-state index in [-0.39, 0.29) is 6.10 Å². The standard InChI is InChI=1S/C11H15BrO2/c1-8(2)14-7-11(13)9-3-5-10(12)6-4-9/h3-6,8,11,13H,7H2,1-2H3. The van der Waals surface area contributed by atoms with Gasteiger partial charge in [0.2, 0.25) is 0 Å². The number of hydrogen-bond acceptors (Lipinski definition) is 2. The monoisotopic (exact) mass is 258 g/mol. The van der Waals surface area contributed by atoms with Gasteiger partial charge in [-0.3, -0.25) is 0 Å². The summed E-state index contributed by atoms with van der Waals surface area (Å²) in [6, 6.07) is 7.60. The Morgan fingerprint density at radius 3 is 2.36 bits per heavy atom. The van der Waals surface area contributed by atoms with E-state index >= 15 is 0 Å². The van der Waals surface area contributed by atoms with Crippen molar-refractivity contribution in [2.75, 3.05) is 6.61 Å². The molecule has 0 saturated carbocycles. The Hall–Kier alpha value is -0.380. The maximum absolute atomic E-state index is 9.72. The fourth-order valence-corrected chi connectivity index (χ4v) is 1.33. The van der Waals surface area contributed by atoms with E-state index in [1.807, 2.05) is 38.1 Å². The van der Waals surface area contributed by atoms with E-state index in [0.29, 0.717) is 6.61 Å². The van der Waals surface area contributed by atoms with Crippen molar-refractivity contribution in [2.45, 2.75) is 26.1 Å². The van der Waals surface area contributed by atoms with Crippen LogP contribution in [0, 0.1) is 0 Å². The largest absolute Gasteiger partial charge is 0.386 e. The van der Waals surface area contributed by atoms with Crippen molar-refractivity contribution < 1.29 is 9.84 Å². The zero-order chi connectivity index (χ0) is 10.6. The van der Waals surface area contributed by atoms with E-state index < -0.39 is 6.10 Å². The van der Waals surface area contributed by atoms with Gasteiger partial charge in [0, 0.05) is 4.47 Å². The van der Waals surface area contributed by atoms with E-state index in [1.54, 1.807) is 0 Å². The molecule has 0 fully saturated rings. The molecule has 0 spiro atoms. The van der Waals surface area contributed by atoms with Gasteiger partial charge in [-0.05, 0) is 31.5 Å². The quantitative estimate of drug-likeness (QED) is 0.900. The van der Waals surface area contributed by atoms with Crippen LogP contribution < -0.4 is 0 Å². The molecule has 0 aliphatic carbocycles. The zero-order valence-electron chi connectivity index (χ0n) is 8.40. The van der Waals surface area contributed by atoms with Crippen LogP contribution >= 0.6 is 15.9 Å². The fourth-order valence-electron chi connectivity index (χ4n) is 1.06. The van der Waals surface area contributed by atoms with Gasteiger partial charge in [-0.25, -0.2) is 0 Å². The third kappa shape index (κ3) is 3.78. The molecule has 0 heterocycles. The molecule has 3 heteroatoms. The average Bonchev–Trinajstić information content (AvgIpc) is 2.15. The highest BCUT2D eigenvalue weighted by atomic mass is 79.9. The van der Waals surface area contributed by atoms with Crippen molar-refractivity contribution in [3.8, 4) is 0 Å². The minimum absolute atomic E-state index is 0.153. The topological polar surface area (TPSA) is 29.5 Å². The van der Waals surface area contributed by atoms with Crippen LogP contribution in [0.1, 0.15) is 25.5 Å². The van der Waals surface area contributed by atoms with Gasteiger partial charge >= 0.3 is 0 Å². The van der Waals surface area contributed by atoms with Gasteiger partial charge in [0.25, 0.3) is 0 Å². The van der Waals surface area contributed by atoms with Gasteiger partial charge in [0.15, 0.2) is 0 Å². The molecule has 1 aromatic carbocycles. The van der Waals surface area contributed by atoms with E-state index in [2.05, 4.69) is 15.9 Å². The van der Waals surface area contributed by atoms with Crippen molar-refractivity contribution in [3.05, 3.63) is 34.3 Å². The van der Waals surface area contributed by atoms with Gasteiger partial charge in [-0.2, -0.15) is 0 Å². The molecule has 78 valence electrons. The van der Waals surface area contributed by atoms with Crippen molar-refractivity contribution in [1.82, 2.24) is 0 Å². The van der Waals surface area contributed by atoms with Gasteiger partial charge in [0.05, 0.1) is 12.7 Å². The lowest BCUT2D eigenvalue weighted by molar-refractivity contribution is 0.00493. The zero-order valence-corrected chi connectivity index (χ0v) is 9.99. The molecule has 0 bridgehead atoms. The highest BCUT2D eigenvalue weighted by Crippen LogP contribution is 2.17. The fraction of sp³-hybridized carbons (Fsp3) is 0.455. The molecule has 0 aliphatic rings. The Morgan fingerprint density at radius 1 is 1.29 bits per heavy atom. The second-order valence-corrected chi connectivity index (χ2v) is 4.37. The molecule has 1 N–H and O–H groups in total. The first-order chi connectivity index (χ1) is 6.59. The molecule has 0 amide bonds. The lowest BCUT2D eigenvalue weighted by atomic mass is 10.1. The van der Waals surface area contributed by atoms with Gasteiger partial charge < -0.3 is 9.84 Å². The number of benzene rings is 1. The summed E-state index contributed by atoms with van der Waals surface area (Å²) in [6.45, 7) is 4.25. The smallest absolute Gasteiger partial charge is 0.102 e. The highest BCUT2D eigenvalue weighted by molar-refractivity contribution is 9.10. The molecule has 2 nitrogen and oxygen atoms in total. The van der Waals surface area contributed by atoms with E-state index in [1.165, 1.54) is 0 Å². The molecule has 1 aromatic rings. The van der Waals surface area contributed by atoms with Crippen LogP contribution in [0.15, 0.2) is 28.7 Å². The SMILES string of the molecule is CC(C)OCC(O)c1ccc(Br)cc1. The predicted molar refractivity (Wildman–Crippen MR) is 60.2 cm³/mol. The molecule has 0 saturated heterocycles. The lowest BCUT2D eigenvalue weighted by Crippen LogP contribution is -2.11. The normalized spacial score (nSPS) is 13.2. The predicted octanol–water partition coefficient (Wildman–Crippen LogP) is 2.91. The molecule has 1 rings (SSSR count). The van der Waals surface area contributed by atoms with Crippen LogP contribution in [0.3, 0.4) is 0 Å². The van der Waals surface area contributed by atoms with E-state index in [9.17, 15) is 5.11 Å². The number of aliphatic hydroxyl groups is 1. The molecule has 0 aromatic heterocycles. The van der Waals surface area contributed by atoms with Gasteiger partial charge in [-0.1, -0.05) is 28.1 Å². The molecule has 0 radical (unpaired) electrons. The van der Waals surface area contributed by atoms with E-state index in [0.717, 1.165) is 10.0 Å². The van der Waals surface area contributed by atoms with Crippen molar-refractivity contribution >= 4 is 15.9 Å². The number of aliphatic hydroxyl groups excluding tert-OH is 1. The molecule has 14 heavy (non-hydrogen) atoms. The second kappa shape index (κ2) is 5.49. The lowest BCUT2D eigenvalue weighted by Gasteiger charge is -2.13. The number of ether oxygens (including phenoxy) is 1. The summed E-state index contributed by atoms with van der Waals surface area (Å²) < 4.78 is 6.34. The third-order valence-electron chi connectivity index (χ3n) is 1.84. The first-order valence-corrected chi connectivity index (χ1v) is 5.44. The molecular formula is C11H15BrO2. The molecule has 0 aliphatic heterocycles. The Kier molecular flexibility index (Phi) is 4.58. The van der Waals surface area contributed by atoms with Crippen LogP contribution in [0.2, 0.25) is 0 Å². The van der Waals surface area contributed by atoms with Crippen molar-refractivity contribution in [1.29, 1.82) is 0 Å².